The lowest BCUT2D eigenvalue weighted by atomic mass is 10.2. The first-order valence-electron chi connectivity index (χ1n) is 3.84. The Balaban J connectivity index is 3.13. The van der Waals surface area contributed by atoms with E-state index in [-0.39, 0.29) is 10.2 Å². The van der Waals surface area contributed by atoms with Crippen LogP contribution in [0.1, 0.15) is 0 Å². The topological polar surface area (TPSA) is 75.1 Å². The van der Waals surface area contributed by atoms with Crippen molar-refractivity contribution in [2.24, 2.45) is 0 Å². The number of halogens is 2. The molecule has 0 radical (unpaired) electrons. The SMILES string of the molecule is O=c1[nH]c2cc(F)cc(F)c2c(=O)n1O. The number of rotatable bonds is 0. The molecule has 0 saturated carbocycles. The van der Waals surface area contributed by atoms with Gasteiger partial charge in [0, 0.05) is 6.07 Å². The molecule has 2 rings (SSSR count). The van der Waals surface area contributed by atoms with Crippen molar-refractivity contribution in [3.05, 3.63) is 44.6 Å². The highest BCUT2D eigenvalue weighted by atomic mass is 19.1. The standard InChI is InChI=1S/C8H4F2N2O3/c9-3-1-4(10)6-5(2-3)11-8(14)12(15)7(6)13/h1-2,15H,(H,11,14). The maximum Gasteiger partial charge on any atom is 0.362 e. The number of H-pyrrole nitrogens is 1. The van der Waals surface area contributed by atoms with Crippen molar-refractivity contribution < 1.29 is 14.0 Å². The van der Waals surface area contributed by atoms with Gasteiger partial charge >= 0.3 is 5.69 Å². The van der Waals surface area contributed by atoms with Gasteiger partial charge in [-0.3, -0.25) is 4.79 Å². The third-order valence-electron chi connectivity index (χ3n) is 1.90. The number of aromatic nitrogens is 2. The molecule has 0 saturated heterocycles. The van der Waals surface area contributed by atoms with Gasteiger partial charge in [0.05, 0.1) is 5.52 Å². The Morgan fingerprint density at radius 3 is 2.60 bits per heavy atom. The Kier molecular flexibility index (Phi) is 1.82. The summed E-state index contributed by atoms with van der Waals surface area (Å²) in [5.74, 6) is -2.07. The Bertz CT molecular complexity index is 659. The minimum atomic E-state index is -1.23. The molecule has 0 aliphatic heterocycles. The molecule has 0 fully saturated rings. The molecule has 2 N–H and O–H groups in total. The summed E-state index contributed by atoms with van der Waals surface area (Å²) in [5.41, 5.74) is -2.68. The smallest absolute Gasteiger partial charge is 0.362 e. The van der Waals surface area contributed by atoms with Crippen molar-refractivity contribution in [1.82, 2.24) is 9.71 Å². The van der Waals surface area contributed by atoms with Crippen LogP contribution in [0.25, 0.3) is 10.9 Å². The molecule has 0 unspecified atom stereocenters. The lowest BCUT2D eigenvalue weighted by Crippen LogP contribution is -2.33. The first kappa shape index (κ1) is 9.38. The van der Waals surface area contributed by atoms with E-state index in [2.05, 4.69) is 0 Å². The average Bonchev–Trinajstić information content (AvgIpc) is 2.13. The summed E-state index contributed by atoms with van der Waals surface area (Å²) in [5, 5.41) is 8.33. The predicted molar refractivity (Wildman–Crippen MR) is 45.9 cm³/mol. The molecule has 5 nitrogen and oxygen atoms in total. The van der Waals surface area contributed by atoms with Crippen LogP contribution < -0.4 is 11.2 Å². The summed E-state index contributed by atoms with van der Waals surface area (Å²) in [6, 6.07) is 1.28. The van der Waals surface area contributed by atoms with E-state index in [9.17, 15) is 18.4 Å². The zero-order valence-corrected chi connectivity index (χ0v) is 7.12. The molecule has 7 heteroatoms. The molecular weight excluding hydrogens is 210 g/mol. The van der Waals surface area contributed by atoms with Gasteiger partial charge in [0.2, 0.25) is 0 Å². The Morgan fingerprint density at radius 1 is 1.27 bits per heavy atom. The van der Waals surface area contributed by atoms with Crippen LogP contribution in [0.15, 0.2) is 21.7 Å². The molecule has 2 aromatic rings. The summed E-state index contributed by atoms with van der Waals surface area (Å²) >= 11 is 0. The van der Waals surface area contributed by atoms with Crippen LogP contribution >= 0.6 is 0 Å². The van der Waals surface area contributed by atoms with Crippen LogP contribution in [0.5, 0.6) is 0 Å². The zero-order chi connectivity index (χ0) is 11.2. The van der Waals surface area contributed by atoms with E-state index in [0.717, 1.165) is 6.07 Å². The Hall–Kier alpha value is -2.18. The van der Waals surface area contributed by atoms with Gasteiger partial charge in [-0.25, -0.2) is 13.6 Å². The van der Waals surface area contributed by atoms with Crippen LogP contribution in [-0.2, 0) is 0 Å². The Labute approximate surface area is 80.2 Å². The fourth-order valence-electron chi connectivity index (χ4n) is 1.26. The molecule has 0 aliphatic carbocycles. The summed E-state index contributed by atoms with van der Waals surface area (Å²) < 4.78 is 25.6. The van der Waals surface area contributed by atoms with Crippen LogP contribution in [0.2, 0.25) is 0 Å². The van der Waals surface area contributed by atoms with Gasteiger partial charge in [-0.1, -0.05) is 4.73 Å². The van der Waals surface area contributed by atoms with E-state index in [1.165, 1.54) is 0 Å². The molecule has 0 aliphatic rings. The highest BCUT2D eigenvalue weighted by Gasteiger charge is 2.12. The number of benzene rings is 1. The van der Waals surface area contributed by atoms with Gasteiger partial charge in [-0.05, 0) is 6.07 Å². The lowest BCUT2D eigenvalue weighted by Gasteiger charge is -2.00. The third-order valence-corrected chi connectivity index (χ3v) is 1.90. The Morgan fingerprint density at radius 2 is 1.93 bits per heavy atom. The molecule has 0 bridgehead atoms. The van der Waals surface area contributed by atoms with Crippen LogP contribution in [-0.4, -0.2) is 14.9 Å². The van der Waals surface area contributed by atoms with E-state index in [1.54, 1.807) is 0 Å². The molecule has 0 amide bonds. The number of hydrogen-bond acceptors (Lipinski definition) is 3. The van der Waals surface area contributed by atoms with E-state index in [0.29, 0.717) is 6.07 Å². The highest BCUT2D eigenvalue weighted by Crippen LogP contribution is 2.12. The van der Waals surface area contributed by atoms with Crippen LogP contribution in [0, 0.1) is 11.6 Å². The minimum Gasteiger partial charge on any atom is -0.421 e. The van der Waals surface area contributed by atoms with Crippen LogP contribution in [0.3, 0.4) is 0 Å². The van der Waals surface area contributed by atoms with Gasteiger partial charge < -0.3 is 10.2 Å². The van der Waals surface area contributed by atoms with E-state index in [4.69, 9.17) is 5.21 Å². The summed E-state index contributed by atoms with van der Waals surface area (Å²) in [6.07, 6.45) is 0. The molecule has 1 aromatic carbocycles. The maximum atomic E-state index is 13.1. The molecule has 0 atom stereocenters. The number of fused-ring (bicyclic) bond motifs is 1. The largest absolute Gasteiger partial charge is 0.421 e. The van der Waals surface area contributed by atoms with Crippen molar-refractivity contribution in [1.29, 1.82) is 0 Å². The van der Waals surface area contributed by atoms with Crippen molar-refractivity contribution in [3.63, 3.8) is 0 Å². The fraction of sp³-hybridized carbons (Fsp3) is 0. The third kappa shape index (κ3) is 1.28. The van der Waals surface area contributed by atoms with Crippen molar-refractivity contribution in [2.75, 3.05) is 0 Å². The van der Waals surface area contributed by atoms with Gasteiger partial charge in [-0.2, -0.15) is 0 Å². The summed E-state index contributed by atoms with van der Waals surface area (Å²) in [7, 11) is 0. The zero-order valence-electron chi connectivity index (χ0n) is 7.12. The molecule has 78 valence electrons. The molecule has 1 aromatic heterocycles. The first-order valence-corrected chi connectivity index (χ1v) is 3.84. The number of nitrogens with zero attached hydrogens (tertiary/aromatic N) is 1. The van der Waals surface area contributed by atoms with Gasteiger partial charge in [0.15, 0.2) is 0 Å². The van der Waals surface area contributed by atoms with E-state index in [1.807, 2.05) is 4.98 Å². The number of aromatic amines is 1. The fourth-order valence-corrected chi connectivity index (χ4v) is 1.26. The average molecular weight is 214 g/mol. The summed E-state index contributed by atoms with van der Waals surface area (Å²) in [6.45, 7) is 0. The minimum absolute atomic E-state index is 0.274. The second-order valence-corrected chi connectivity index (χ2v) is 2.86. The highest BCUT2D eigenvalue weighted by molar-refractivity contribution is 5.77. The monoisotopic (exact) mass is 214 g/mol. The maximum absolute atomic E-state index is 13.1. The predicted octanol–water partition coefficient (Wildman–Crippen LogP) is 0.205. The quantitative estimate of drug-likeness (QED) is 0.615. The normalized spacial score (nSPS) is 10.8. The second-order valence-electron chi connectivity index (χ2n) is 2.86. The van der Waals surface area contributed by atoms with E-state index < -0.39 is 28.3 Å². The van der Waals surface area contributed by atoms with Crippen molar-refractivity contribution >= 4 is 10.9 Å². The van der Waals surface area contributed by atoms with Gasteiger partial charge in [-0.15, -0.1) is 0 Å². The summed E-state index contributed by atoms with van der Waals surface area (Å²) in [4.78, 5) is 24.1. The lowest BCUT2D eigenvalue weighted by molar-refractivity contribution is 0.162. The molecule has 1 heterocycles. The van der Waals surface area contributed by atoms with Gasteiger partial charge in [0.25, 0.3) is 5.56 Å². The van der Waals surface area contributed by atoms with Gasteiger partial charge in [0.1, 0.15) is 17.0 Å². The number of hydrogen-bond donors (Lipinski definition) is 2. The first-order chi connectivity index (χ1) is 7.00. The van der Waals surface area contributed by atoms with Crippen molar-refractivity contribution in [2.45, 2.75) is 0 Å². The van der Waals surface area contributed by atoms with Crippen molar-refractivity contribution in [3.8, 4) is 0 Å². The molecule has 15 heavy (non-hydrogen) atoms. The second kappa shape index (κ2) is 2.91. The van der Waals surface area contributed by atoms with E-state index >= 15 is 0 Å². The number of nitrogens with one attached hydrogen (secondary N) is 1. The molecule has 0 spiro atoms. The molecular formula is C8H4F2N2O3. The van der Waals surface area contributed by atoms with Crippen LogP contribution in [0.4, 0.5) is 8.78 Å².